The molecule has 1 aliphatic heterocycles. The van der Waals surface area contributed by atoms with E-state index in [1.807, 2.05) is 0 Å². The van der Waals surface area contributed by atoms with Crippen LogP contribution in [0.2, 0.25) is 0 Å². The SMILES string of the molecule is COC(=O)C(=C=N)C1(C(C)(C)C)NC(C(C)(C)C)=C1C(C)(C)C. The molecule has 0 spiro atoms. The fraction of sp³-hybridized carbons (Fsp3) is 0.737. The van der Waals surface area contributed by atoms with Crippen molar-refractivity contribution in [2.24, 2.45) is 16.2 Å². The summed E-state index contributed by atoms with van der Waals surface area (Å²) in [6.07, 6.45) is 0. The predicted molar refractivity (Wildman–Crippen MR) is 94.5 cm³/mol. The molecule has 1 heterocycles. The molecule has 0 bridgehead atoms. The normalized spacial score (nSPS) is 22.0. The van der Waals surface area contributed by atoms with E-state index in [1.165, 1.54) is 7.11 Å². The van der Waals surface area contributed by atoms with Crippen LogP contribution in [0, 0.1) is 21.7 Å². The van der Waals surface area contributed by atoms with Gasteiger partial charge in [-0.3, -0.25) is 5.41 Å². The molecule has 1 atom stereocenters. The molecule has 4 nitrogen and oxygen atoms in total. The molecule has 1 unspecified atom stereocenters. The molecule has 4 heteroatoms. The third-order valence-electron chi connectivity index (χ3n) is 4.45. The van der Waals surface area contributed by atoms with Gasteiger partial charge in [-0.05, 0) is 22.3 Å². The number of rotatable bonds is 2. The first-order valence-electron chi connectivity index (χ1n) is 8.07. The quantitative estimate of drug-likeness (QED) is 0.458. The second kappa shape index (κ2) is 5.52. The van der Waals surface area contributed by atoms with Gasteiger partial charge in [0.1, 0.15) is 11.1 Å². The van der Waals surface area contributed by atoms with E-state index in [2.05, 4.69) is 73.5 Å². The highest BCUT2D eigenvalue weighted by Crippen LogP contribution is 2.57. The standard InChI is InChI=1S/C19H32N2O2/c1-16(2,3)13-14(17(4,5)6)21-19(13,18(7,8)9)12(11-20)15(22)23-10/h20-21H,1-10H3. The largest absolute Gasteiger partial charge is 0.465 e. The third kappa shape index (κ3) is 2.97. The van der Waals surface area contributed by atoms with Crippen molar-refractivity contribution < 1.29 is 9.53 Å². The molecule has 2 N–H and O–H groups in total. The highest BCUT2D eigenvalue weighted by Gasteiger charge is 2.61. The second-order valence-corrected chi connectivity index (χ2v) is 9.37. The van der Waals surface area contributed by atoms with Crippen molar-refractivity contribution in [3.8, 4) is 0 Å². The average molecular weight is 320 g/mol. The van der Waals surface area contributed by atoms with Gasteiger partial charge in [0.05, 0.1) is 7.11 Å². The molecule has 0 saturated heterocycles. The minimum Gasteiger partial charge on any atom is -0.465 e. The van der Waals surface area contributed by atoms with Crippen LogP contribution in [0.15, 0.2) is 16.8 Å². The van der Waals surface area contributed by atoms with E-state index in [4.69, 9.17) is 10.1 Å². The summed E-state index contributed by atoms with van der Waals surface area (Å²) in [6, 6.07) is 0. The lowest BCUT2D eigenvalue weighted by molar-refractivity contribution is -0.137. The summed E-state index contributed by atoms with van der Waals surface area (Å²) < 4.78 is 4.94. The molecule has 1 aliphatic rings. The highest BCUT2D eigenvalue weighted by atomic mass is 16.5. The Morgan fingerprint density at radius 3 is 1.78 bits per heavy atom. The van der Waals surface area contributed by atoms with E-state index < -0.39 is 11.5 Å². The van der Waals surface area contributed by atoms with E-state index in [-0.39, 0.29) is 21.8 Å². The van der Waals surface area contributed by atoms with Crippen molar-refractivity contribution in [1.82, 2.24) is 5.32 Å². The number of carbonyl (C=O) groups is 1. The maximum atomic E-state index is 12.4. The van der Waals surface area contributed by atoms with E-state index in [0.717, 1.165) is 11.3 Å². The van der Waals surface area contributed by atoms with Gasteiger partial charge in [-0.25, -0.2) is 4.79 Å². The Bertz CT molecular complexity index is 588. The van der Waals surface area contributed by atoms with Gasteiger partial charge >= 0.3 is 5.97 Å². The maximum Gasteiger partial charge on any atom is 0.346 e. The van der Waals surface area contributed by atoms with Crippen LogP contribution in [0.1, 0.15) is 62.3 Å². The van der Waals surface area contributed by atoms with Crippen molar-refractivity contribution in [2.45, 2.75) is 67.9 Å². The van der Waals surface area contributed by atoms with Gasteiger partial charge in [0.25, 0.3) is 0 Å². The number of hydrogen-bond acceptors (Lipinski definition) is 4. The minimum absolute atomic E-state index is 0.0688. The molecule has 0 fully saturated rings. The smallest absolute Gasteiger partial charge is 0.346 e. The monoisotopic (exact) mass is 320 g/mol. The summed E-state index contributed by atoms with van der Waals surface area (Å²) in [5.74, 6) is 1.87. The van der Waals surface area contributed by atoms with Crippen LogP contribution in [0.3, 0.4) is 0 Å². The molecule has 1 rings (SSSR count). The van der Waals surface area contributed by atoms with E-state index >= 15 is 0 Å². The van der Waals surface area contributed by atoms with Crippen molar-refractivity contribution >= 4 is 11.8 Å². The zero-order valence-electron chi connectivity index (χ0n) is 16.3. The topological polar surface area (TPSA) is 62.2 Å². The number of nitrogens with one attached hydrogen (secondary N) is 2. The molecule has 0 saturated carbocycles. The number of allylic oxidation sites excluding steroid dienone is 1. The first-order valence-corrected chi connectivity index (χ1v) is 8.07. The Labute approximate surface area is 140 Å². The van der Waals surface area contributed by atoms with Crippen LogP contribution in [0.4, 0.5) is 0 Å². The molecule has 0 aliphatic carbocycles. The molecule has 23 heavy (non-hydrogen) atoms. The molecule has 0 aromatic heterocycles. The Balaban J connectivity index is 3.82. The number of methoxy groups -OCH3 is 1. The number of esters is 1. The van der Waals surface area contributed by atoms with Gasteiger partial charge < -0.3 is 10.1 Å². The fourth-order valence-electron chi connectivity index (χ4n) is 3.46. The third-order valence-corrected chi connectivity index (χ3v) is 4.45. The van der Waals surface area contributed by atoms with Crippen LogP contribution >= 0.6 is 0 Å². The molecular weight excluding hydrogens is 288 g/mol. The van der Waals surface area contributed by atoms with Crippen molar-refractivity contribution in [3.63, 3.8) is 0 Å². The zero-order valence-corrected chi connectivity index (χ0v) is 16.3. The van der Waals surface area contributed by atoms with E-state index in [1.54, 1.807) is 0 Å². The molecular formula is C19H32N2O2. The summed E-state index contributed by atoms with van der Waals surface area (Å²) in [7, 11) is 1.35. The number of carbonyl (C=O) groups excluding carboxylic acids is 1. The zero-order chi connectivity index (χ0) is 18.4. The second-order valence-electron chi connectivity index (χ2n) is 9.37. The van der Waals surface area contributed by atoms with Crippen molar-refractivity contribution in [1.29, 1.82) is 5.41 Å². The average Bonchev–Trinajstić information content (AvgIpc) is 2.26. The summed E-state index contributed by atoms with van der Waals surface area (Å²) in [6.45, 7) is 19.1. The number of hydrogen-bond donors (Lipinski definition) is 2. The number of ether oxygens (including phenoxy) is 1. The highest BCUT2D eigenvalue weighted by molar-refractivity contribution is 6.01. The first kappa shape index (κ1) is 19.5. The Hall–Kier alpha value is -1.54. The van der Waals surface area contributed by atoms with Crippen molar-refractivity contribution in [2.75, 3.05) is 7.11 Å². The lowest BCUT2D eigenvalue weighted by atomic mass is 9.53. The van der Waals surface area contributed by atoms with Gasteiger partial charge in [-0.2, -0.15) is 0 Å². The minimum atomic E-state index is -0.747. The fourth-order valence-corrected chi connectivity index (χ4v) is 3.46. The lowest BCUT2D eigenvalue weighted by Crippen LogP contribution is -2.69. The lowest BCUT2D eigenvalue weighted by Gasteiger charge is -2.61. The van der Waals surface area contributed by atoms with Crippen LogP contribution in [-0.2, 0) is 9.53 Å². The first-order chi connectivity index (χ1) is 10.1. The van der Waals surface area contributed by atoms with Crippen LogP contribution < -0.4 is 5.32 Å². The van der Waals surface area contributed by atoms with Crippen molar-refractivity contribution in [3.05, 3.63) is 16.8 Å². The Morgan fingerprint density at radius 1 is 1.04 bits per heavy atom. The molecule has 0 amide bonds. The van der Waals surface area contributed by atoms with Crippen LogP contribution in [0.25, 0.3) is 0 Å². The summed E-state index contributed by atoms with van der Waals surface area (Å²) in [5, 5.41) is 11.3. The van der Waals surface area contributed by atoms with Gasteiger partial charge in [-0.1, -0.05) is 62.3 Å². The molecule has 130 valence electrons. The maximum absolute atomic E-state index is 12.4. The summed E-state index contributed by atoms with van der Waals surface area (Å²) in [4.78, 5) is 12.4. The van der Waals surface area contributed by atoms with Crippen LogP contribution in [-0.4, -0.2) is 24.5 Å². The summed E-state index contributed by atoms with van der Waals surface area (Å²) >= 11 is 0. The van der Waals surface area contributed by atoms with E-state index in [0.29, 0.717) is 0 Å². The molecule has 0 aromatic carbocycles. The summed E-state index contributed by atoms with van der Waals surface area (Å²) in [5.41, 5.74) is 1.25. The van der Waals surface area contributed by atoms with Gasteiger partial charge in [0, 0.05) is 11.1 Å². The van der Waals surface area contributed by atoms with E-state index in [9.17, 15) is 4.79 Å². The van der Waals surface area contributed by atoms with Crippen LogP contribution in [0.5, 0.6) is 0 Å². The molecule has 0 aromatic rings. The van der Waals surface area contributed by atoms with Gasteiger partial charge in [-0.15, -0.1) is 0 Å². The Kier molecular flexibility index (Phi) is 4.68. The van der Waals surface area contributed by atoms with Gasteiger partial charge in [0.15, 0.2) is 0 Å². The molecule has 0 radical (unpaired) electrons. The predicted octanol–water partition coefficient (Wildman–Crippen LogP) is 4.07. The Morgan fingerprint density at radius 2 is 1.52 bits per heavy atom. The van der Waals surface area contributed by atoms with Gasteiger partial charge in [0.2, 0.25) is 0 Å².